The highest BCUT2D eigenvalue weighted by Gasteiger charge is 2.47. The molecule has 0 spiro atoms. The smallest absolute Gasteiger partial charge is 0.357 e. The highest BCUT2D eigenvalue weighted by atomic mass is 32.2. The molecule has 0 saturated heterocycles. The third-order valence-corrected chi connectivity index (χ3v) is 15.7. The third-order valence-electron chi connectivity index (χ3n) is 12.8. The van der Waals surface area contributed by atoms with Crippen molar-refractivity contribution in [3.8, 4) is 17.5 Å². The molecular weight excluding hydrogens is 991 g/mol. The predicted molar refractivity (Wildman–Crippen MR) is 261 cm³/mol. The Balaban J connectivity index is 1.15. The number of aromatic nitrogens is 1. The van der Waals surface area contributed by atoms with Gasteiger partial charge in [0.25, 0.3) is 30.4 Å². The molecule has 0 amide bonds. The van der Waals surface area contributed by atoms with Gasteiger partial charge in [-0.15, -0.1) is 4.73 Å². The zero-order valence-corrected chi connectivity index (χ0v) is 41.8. The number of nitrogens with zero attached hydrogens (tertiary/aromatic N) is 3. The summed E-state index contributed by atoms with van der Waals surface area (Å²) >= 11 is -2.82. The Hall–Kier alpha value is -5.92. The van der Waals surface area contributed by atoms with Crippen LogP contribution in [0, 0.1) is 0 Å². The van der Waals surface area contributed by atoms with E-state index < -0.39 is 85.0 Å². The van der Waals surface area contributed by atoms with Crippen molar-refractivity contribution in [1.82, 2.24) is 4.73 Å². The Morgan fingerprint density at radius 1 is 0.757 bits per heavy atom. The Labute approximate surface area is 407 Å². The molecule has 6 N–H and O–H groups in total. The van der Waals surface area contributed by atoms with Gasteiger partial charge in [0.05, 0.1) is 15.2 Å². The van der Waals surface area contributed by atoms with Crippen LogP contribution >= 0.6 is 0 Å². The maximum absolute atomic E-state index is 12.5. The molecule has 5 aromatic rings. The predicted octanol–water partition coefficient (Wildman–Crippen LogP) is 7.30. The van der Waals surface area contributed by atoms with E-state index in [1.807, 2.05) is 81.7 Å². The quantitative estimate of drug-likeness (QED) is 0.0165. The summed E-state index contributed by atoms with van der Waals surface area (Å²) in [6.45, 7) is 10.7. The Kier molecular flexibility index (Phi) is 14.4. The van der Waals surface area contributed by atoms with Gasteiger partial charge in [-0.3, -0.25) is 18.2 Å². The van der Waals surface area contributed by atoms with Crippen LogP contribution in [0.1, 0.15) is 77.8 Å². The van der Waals surface area contributed by atoms with Crippen LogP contribution in [0.2, 0.25) is 0 Å². The molecule has 0 saturated carbocycles. The topological polar surface area (TPSA) is 288 Å². The van der Waals surface area contributed by atoms with Gasteiger partial charge >= 0.3 is 17.3 Å². The maximum atomic E-state index is 12.5. The lowest BCUT2D eigenvalue weighted by Gasteiger charge is -2.34. The van der Waals surface area contributed by atoms with Gasteiger partial charge in [0, 0.05) is 76.8 Å². The first-order valence-corrected chi connectivity index (χ1v) is 27.2. The third kappa shape index (κ3) is 10.1. The lowest BCUT2D eigenvalue weighted by molar-refractivity contribution is -0.433. The van der Waals surface area contributed by atoms with Crippen LogP contribution in [0.5, 0.6) is 17.5 Å². The number of anilines is 1. The van der Waals surface area contributed by atoms with Gasteiger partial charge in [-0.1, -0.05) is 50.6 Å². The minimum absolute atomic E-state index is 0.00298. The molecule has 7 rings (SSSR count). The molecule has 70 heavy (non-hydrogen) atoms. The van der Waals surface area contributed by atoms with E-state index in [-0.39, 0.29) is 29.0 Å². The fourth-order valence-electron chi connectivity index (χ4n) is 9.77. The van der Waals surface area contributed by atoms with E-state index in [1.54, 1.807) is 12.1 Å². The highest BCUT2D eigenvalue weighted by molar-refractivity contribution is 7.87. The number of benzene rings is 4. The van der Waals surface area contributed by atoms with Gasteiger partial charge in [0.1, 0.15) is 11.4 Å². The van der Waals surface area contributed by atoms with E-state index >= 15 is 0 Å². The molecule has 0 radical (unpaired) electrons. The van der Waals surface area contributed by atoms with E-state index in [0.717, 1.165) is 23.5 Å². The SMILES string of the molecule is CC[N+]1=C(C=CC=CC=CCC2N(CCCCCC(=O)On3c(O)ccc3O)c3ccc4c(OS(=O)O)cc(S(=O)(=O)O)cc4c3C2(C)C)C(C)(C)c2c1ccc1c(S(=O)(=O)O)cc(S(=O)(=O)O)cc21. The van der Waals surface area contributed by atoms with Crippen molar-refractivity contribution in [2.24, 2.45) is 0 Å². The average molecular weight is 1040 g/mol. The highest BCUT2D eigenvalue weighted by Crippen LogP contribution is 2.52. The number of hydrogen-bond acceptors (Lipinski definition) is 13. The summed E-state index contributed by atoms with van der Waals surface area (Å²) in [6, 6.07) is 13.0. The fraction of sp³-hybridized carbons (Fsp3) is 0.319. The van der Waals surface area contributed by atoms with Crippen molar-refractivity contribution in [1.29, 1.82) is 0 Å². The lowest BCUT2D eigenvalue weighted by atomic mass is 9.77. The zero-order valence-electron chi connectivity index (χ0n) is 38.5. The molecule has 19 nitrogen and oxygen atoms in total. The number of rotatable bonds is 18. The molecular formula is C47H52N3O16S4+. The van der Waals surface area contributed by atoms with E-state index in [2.05, 4.69) is 4.90 Å². The van der Waals surface area contributed by atoms with E-state index in [1.165, 1.54) is 30.3 Å². The van der Waals surface area contributed by atoms with Crippen LogP contribution in [-0.4, -0.2) is 98.0 Å². The average Bonchev–Trinajstić information content (AvgIpc) is 3.78. The molecule has 2 atom stereocenters. The Morgan fingerprint density at radius 3 is 1.99 bits per heavy atom. The van der Waals surface area contributed by atoms with Crippen molar-refractivity contribution >= 4 is 86.3 Å². The molecule has 0 aliphatic carbocycles. The Bertz CT molecular complexity index is 3430. The summed E-state index contributed by atoms with van der Waals surface area (Å²) in [4.78, 5) is 17.9. The molecule has 2 aliphatic rings. The monoisotopic (exact) mass is 1040 g/mol. The zero-order chi connectivity index (χ0) is 51.3. The van der Waals surface area contributed by atoms with Crippen LogP contribution in [0.4, 0.5) is 11.4 Å². The van der Waals surface area contributed by atoms with Crippen LogP contribution in [0.3, 0.4) is 0 Å². The molecule has 0 bridgehead atoms. The van der Waals surface area contributed by atoms with Crippen LogP contribution < -0.4 is 13.9 Å². The lowest BCUT2D eigenvalue weighted by Crippen LogP contribution is -2.41. The summed E-state index contributed by atoms with van der Waals surface area (Å²) in [7, 11) is -14.5. The molecule has 1 aromatic heterocycles. The summed E-state index contributed by atoms with van der Waals surface area (Å²) in [5.74, 6) is -1.75. The Morgan fingerprint density at radius 2 is 1.37 bits per heavy atom. The van der Waals surface area contributed by atoms with Crippen molar-refractivity contribution in [3.05, 3.63) is 108 Å². The number of aromatic hydroxyl groups is 2. The van der Waals surface area contributed by atoms with Gasteiger partial charge < -0.3 is 24.1 Å². The first-order valence-electron chi connectivity index (χ1n) is 21.8. The standard InChI is InChI=1S/C47H51N3O16S4/c1-6-48-35-21-19-32-34(26-30(69(59,60)61)28-38(32)70(62,63)64)45(35)46(2,3)39(48)15-11-8-7-9-12-16-40-47(4,5)44-33-25-29(68(56,57)58)27-37(66-67(54)55)31(33)18-20-36(44)49(40)24-14-10-13-17-43(53)65-50-41(51)22-23-42(50)52/h7-9,11-12,15,18-23,25-28,40H,6,10,13-14,16-17,24H2,1-5H3,(H5-,51,52,54,55,56,57,58,59,60,61,62,63,64)/p+1. The van der Waals surface area contributed by atoms with Crippen LogP contribution in [0.15, 0.2) is 112 Å². The van der Waals surface area contributed by atoms with E-state index in [9.17, 15) is 62.7 Å². The second-order valence-corrected chi connectivity index (χ2v) is 22.7. The molecule has 3 heterocycles. The maximum Gasteiger partial charge on any atom is 0.357 e. The van der Waals surface area contributed by atoms with Crippen molar-refractivity contribution in [2.75, 3.05) is 18.0 Å². The molecule has 2 aliphatic heterocycles. The van der Waals surface area contributed by atoms with Crippen molar-refractivity contribution in [3.63, 3.8) is 0 Å². The number of carbonyl (C=O) groups excluding carboxylic acids is 1. The van der Waals surface area contributed by atoms with E-state index in [4.69, 9.17) is 9.02 Å². The second kappa shape index (κ2) is 19.4. The van der Waals surface area contributed by atoms with Crippen LogP contribution in [0.25, 0.3) is 21.5 Å². The van der Waals surface area contributed by atoms with Gasteiger partial charge in [-0.05, 0) is 92.8 Å². The van der Waals surface area contributed by atoms with E-state index in [0.29, 0.717) is 71.1 Å². The van der Waals surface area contributed by atoms with Gasteiger partial charge in [0.15, 0.2) is 11.5 Å². The molecule has 0 fully saturated rings. The van der Waals surface area contributed by atoms with Gasteiger partial charge in [-0.25, -0.2) is 4.79 Å². The summed E-state index contributed by atoms with van der Waals surface area (Å²) in [5, 5.41) is 20.7. The number of unbranched alkanes of at least 4 members (excludes halogenated alkanes) is 2. The molecule has 23 heteroatoms. The first-order chi connectivity index (χ1) is 32.7. The number of carbonyl (C=O) groups is 1. The van der Waals surface area contributed by atoms with Crippen LogP contribution in [-0.2, 0) is 57.3 Å². The summed E-state index contributed by atoms with van der Waals surface area (Å²) in [5.41, 5.74) is 2.03. The van der Waals surface area contributed by atoms with Crippen molar-refractivity contribution < 1.29 is 76.3 Å². The van der Waals surface area contributed by atoms with Gasteiger partial charge in [-0.2, -0.15) is 34.0 Å². The normalized spacial score (nSPS) is 17.4. The summed E-state index contributed by atoms with van der Waals surface area (Å²) < 4.78 is 134. The molecule has 4 aromatic carbocycles. The molecule has 374 valence electrons. The summed E-state index contributed by atoms with van der Waals surface area (Å²) in [6.07, 6.45) is 13.3. The molecule has 2 unspecified atom stereocenters. The number of hydrogen-bond donors (Lipinski definition) is 6. The largest absolute Gasteiger partial charge is 0.492 e. The first kappa shape index (κ1) is 51.9. The minimum Gasteiger partial charge on any atom is -0.492 e. The number of fused-ring (bicyclic) bond motifs is 6. The fourth-order valence-corrected chi connectivity index (χ4v) is 11.9. The van der Waals surface area contributed by atoms with Gasteiger partial charge in [0.2, 0.25) is 17.4 Å². The second-order valence-electron chi connectivity index (χ2n) is 17.9. The number of allylic oxidation sites excluding steroid dienone is 5. The van der Waals surface area contributed by atoms with Crippen molar-refractivity contribution in [2.45, 2.75) is 98.3 Å². The minimum atomic E-state index is -4.90.